The molecule has 0 atom stereocenters. The van der Waals surface area contributed by atoms with Gasteiger partial charge < -0.3 is 5.32 Å². The maximum atomic E-state index is 4.12. The molecule has 0 aliphatic carbocycles. The number of aromatic nitrogens is 3. The number of nitrogens with zero attached hydrogens (tertiary/aromatic N) is 3. The lowest BCUT2D eigenvalue weighted by molar-refractivity contribution is 0.472. The molecule has 0 unspecified atom stereocenters. The molecule has 0 amide bonds. The van der Waals surface area contributed by atoms with E-state index in [2.05, 4.69) is 43.3 Å². The molecule has 0 spiro atoms. The van der Waals surface area contributed by atoms with Gasteiger partial charge in [-0.15, -0.1) is 5.10 Å². The number of rotatable bonds is 6. The SMILES string of the molecule is CC(C)CNCc1cn(CC(C)C)nn1. The molecule has 4 heteroatoms. The van der Waals surface area contributed by atoms with Crippen LogP contribution in [0.1, 0.15) is 33.4 Å². The molecule has 1 heterocycles. The van der Waals surface area contributed by atoms with Crippen LogP contribution in [0.2, 0.25) is 0 Å². The summed E-state index contributed by atoms with van der Waals surface area (Å²) in [6, 6.07) is 0. The molecular weight excluding hydrogens is 188 g/mol. The highest BCUT2D eigenvalue weighted by atomic mass is 15.4. The highest BCUT2D eigenvalue weighted by Crippen LogP contribution is 1.99. The Balaban J connectivity index is 2.33. The van der Waals surface area contributed by atoms with Gasteiger partial charge in [0.25, 0.3) is 0 Å². The van der Waals surface area contributed by atoms with E-state index in [0.717, 1.165) is 25.3 Å². The summed E-state index contributed by atoms with van der Waals surface area (Å²) in [4.78, 5) is 0. The second-order valence-electron chi connectivity index (χ2n) is 4.85. The maximum absolute atomic E-state index is 4.12. The van der Waals surface area contributed by atoms with E-state index < -0.39 is 0 Å². The molecule has 0 saturated carbocycles. The lowest BCUT2D eigenvalue weighted by Gasteiger charge is -2.04. The fraction of sp³-hybridized carbons (Fsp3) is 0.818. The lowest BCUT2D eigenvalue weighted by atomic mass is 10.2. The molecule has 86 valence electrons. The zero-order valence-electron chi connectivity index (χ0n) is 10.2. The van der Waals surface area contributed by atoms with Crippen LogP contribution >= 0.6 is 0 Å². The van der Waals surface area contributed by atoms with Crippen LogP contribution in [-0.2, 0) is 13.1 Å². The van der Waals surface area contributed by atoms with Gasteiger partial charge in [0.15, 0.2) is 0 Å². The molecule has 1 N–H and O–H groups in total. The van der Waals surface area contributed by atoms with Gasteiger partial charge in [0.2, 0.25) is 0 Å². The first-order chi connectivity index (χ1) is 7.08. The van der Waals surface area contributed by atoms with Gasteiger partial charge in [-0.25, -0.2) is 0 Å². The number of hydrogen-bond donors (Lipinski definition) is 1. The van der Waals surface area contributed by atoms with Crippen LogP contribution < -0.4 is 5.32 Å². The van der Waals surface area contributed by atoms with Crippen molar-refractivity contribution in [1.29, 1.82) is 0 Å². The van der Waals surface area contributed by atoms with Crippen molar-refractivity contribution in [3.05, 3.63) is 11.9 Å². The van der Waals surface area contributed by atoms with Crippen molar-refractivity contribution < 1.29 is 0 Å². The maximum Gasteiger partial charge on any atom is 0.0964 e. The second-order valence-corrected chi connectivity index (χ2v) is 4.85. The minimum Gasteiger partial charge on any atom is -0.311 e. The van der Waals surface area contributed by atoms with Crippen LogP contribution in [-0.4, -0.2) is 21.5 Å². The Bertz CT molecular complexity index is 278. The van der Waals surface area contributed by atoms with Gasteiger partial charge in [0.1, 0.15) is 0 Å². The molecule has 0 aliphatic rings. The molecule has 1 aromatic heterocycles. The first-order valence-electron chi connectivity index (χ1n) is 5.67. The summed E-state index contributed by atoms with van der Waals surface area (Å²) in [6.45, 7) is 11.5. The van der Waals surface area contributed by atoms with Gasteiger partial charge in [0.05, 0.1) is 5.69 Å². The third kappa shape index (κ3) is 4.93. The first kappa shape index (κ1) is 12.2. The molecule has 0 fully saturated rings. The highest BCUT2D eigenvalue weighted by molar-refractivity contribution is 4.91. The summed E-state index contributed by atoms with van der Waals surface area (Å²) in [7, 11) is 0. The van der Waals surface area contributed by atoms with Crippen LogP contribution in [0.25, 0.3) is 0 Å². The predicted molar refractivity (Wildman–Crippen MR) is 61.4 cm³/mol. The molecule has 15 heavy (non-hydrogen) atoms. The smallest absolute Gasteiger partial charge is 0.0964 e. The minimum absolute atomic E-state index is 0.614. The average molecular weight is 210 g/mol. The van der Waals surface area contributed by atoms with Crippen molar-refractivity contribution in [1.82, 2.24) is 20.3 Å². The molecule has 0 saturated heterocycles. The molecule has 4 nitrogen and oxygen atoms in total. The largest absolute Gasteiger partial charge is 0.311 e. The fourth-order valence-corrected chi connectivity index (χ4v) is 1.37. The molecule has 0 aliphatic heterocycles. The molecular formula is C11H22N4. The van der Waals surface area contributed by atoms with Crippen LogP contribution in [0.5, 0.6) is 0 Å². The first-order valence-corrected chi connectivity index (χ1v) is 5.67. The average Bonchev–Trinajstić information content (AvgIpc) is 2.50. The second kappa shape index (κ2) is 5.85. The van der Waals surface area contributed by atoms with Crippen molar-refractivity contribution >= 4 is 0 Å². The topological polar surface area (TPSA) is 42.7 Å². The Morgan fingerprint density at radius 3 is 2.60 bits per heavy atom. The normalized spacial score (nSPS) is 11.6. The highest BCUT2D eigenvalue weighted by Gasteiger charge is 2.02. The van der Waals surface area contributed by atoms with Gasteiger partial charge in [0, 0.05) is 19.3 Å². The van der Waals surface area contributed by atoms with Gasteiger partial charge in [-0.2, -0.15) is 0 Å². The number of nitrogens with one attached hydrogen (secondary N) is 1. The summed E-state index contributed by atoms with van der Waals surface area (Å²) in [5, 5.41) is 11.5. The summed E-state index contributed by atoms with van der Waals surface area (Å²) in [5.41, 5.74) is 1.02. The Kier molecular flexibility index (Phi) is 4.75. The molecule has 0 aromatic carbocycles. The zero-order chi connectivity index (χ0) is 11.3. The van der Waals surface area contributed by atoms with Crippen molar-refractivity contribution in [3.63, 3.8) is 0 Å². The molecule has 0 radical (unpaired) electrons. The zero-order valence-corrected chi connectivity index (χ0v) is 10.2. The van der Waals surface area contributed by atoms with E-state index in [1.165, 1.54) is 0 Å². The van der Waals surface area contributed by atoms with Crippen molar-refractivity contribution in [2.75, 3.05) is 6.54 Å². The monoisotopic (exact) mass is 210 g/mol. The summed E-state index contributed by atoms with van der Waals surface area (Å²) >= 11 is 0. The fourth-order valence-electron chi connectivity index (χ4n) is 1.37. The van der Waals surface area contributed by atoms with E-state index in [4.69, 9.17) is 0 Å². The van der Waals surface area contributed by atoms with Crippen LogP contribution in [0, 0.1) is 11.8 Å². The van der Waals surface area contributed by atoms with E-state index in [1.807, 2.05) is 10.9 Å². The standard InChI is InChI=1S/C11H22N4/c1-9(2)5-12-6-11-8-15(14-13-11)7-10(3)4/h8-10,12H,5-7H2,1-4H3. The van der Waals surface area contributed by atoms with Crippen LogP contribution in [0.15, 0.2) is 6.20 Å². The molecule has 0 bridgehead atoms. The predicted octanol–water partition coefficient (Wildman–Crippen LogP) is 1.68. The van der Waals surface area contributed by atoms with Crippen LogP contribution in [0.4, 0.5) is 0 Å². The summed E-state index contributed by atoms with van der Waals surface area (Å²) in [6.07, 6.45) is 2.02. The van der Waals surface area contributed by atoms with Crippen LogP contribution in [0.3, 0.4) is 0 Å². The van der Waals surface area contributed by atoms with E-state index >= 15 is 0 Å². The van der Waals surface area contributed by atoms with E-state index in [0.29, 0.717) is 11.8 Å². The Morgan fingerprint density at radius 2 is 2.00 bits per heavy atom. The third-order valence-electron chi connectivity index (χ3n) is 2.00. The van der Waals surface area contributed by atoms with E-state index in [9.17, 15) is 0 Å². The van der Waals surface area contributed by atoms with Crippen molar-refractivity contribution in [2.24, 2.45) is 11.8 Å². The Hall–Kier alpha value is -0.900. The molecule has 1 aromatic rings. The van der Waals surface area contributed by atoms with E-state index in [1.54, 1.807) is 0 Å². The molecule has 1 rings (SSSR count). The Labute approximate surface area is 92.1 Å². The quantitative estimate of drug-likeness (QED) is 0.777. The van der Waals surface area contributed by atoms with Gasteiger partial charge in [-0.05, 0) is 18.4 Å². The Morgan fingerprint density at radius 1 is 1.27 bits per heavy atom. The van der Waals surface area contributed by atoms with Crippen molar-refractivity contribution in [2.45, 2.75) is 40.8 Å². The number of hydrogen-bond acceptors (Lipinski definition) is 3. The summed E-state index contributed by atoms with van der Waals surface area (Å²) in [5.74, 6) is 1.29. The minimum atomic E-state index is 0.614. The van der Waals surface area contributed by atoms with E-state index in [-0.39, 0.29) is 0 Å². The lowest BCUT2D eigenvalue weighted by Crippen LogP contribution is -2.19. The van der Waals surface area contributed by atoms with Gasteiger partial charge in [-0.1, -0.05) is 32.9 Å². The summed E-state index contributed by atoms with van der Waals surface area (Å²) < 4.78 is 1.91. The van der Waals surface area contributed by atoms with Gasteiger partial charge >= 0.3 is 0 Å². The van der Waals surface area contributed by atoms with Gasteiger partial charge in [-0.3, -0.25) is 4.68 Å². The third-order valence-corrected chi connectivity index (χ3v) is 2.00. The van der Waals surface area contributed by atoms with Crippen molar-refractivity contribution in [3.8, 4) is 0 Å².